The molecule has 0 aliphatic heterocycles. The van der Waals surface area contributed by atoms with Crippen LogP contribution in [0.2, 0.25) is 0 Å². The van der Waals surface area contributed by atoms with Gasteiger partial charge in [-0.2, -0.15) is 0 Å². The normalized spacial score (nSPS) is 14.0. The first-order chi connectivity index (χ1) is 14.7. The molecule has 2 aromatic rings. The van der Waals surface area contributed by atoms with Crippen molar-refractivity contribution in [3.63, 3.8) is 0 Å². The number of hydrogen-bond donors (Lipinski definition) is 1. The van der Waals surface area contributed by atoms with Crippen LogP contribution in [0.5, 0.6) is 11.5 Å². The first-order valence-corrected chi connectivity index (χ1v) is 10.4. The number of aromatic nitrogens is 1. The van der Waals surface area contributed by atoms with Crippen molar-refractivity contribution in [3.8, 4) is 11.5 Å². The van der Waals surface area contributed by atoms with E-state index in [1.807, 2.05) is 30.3 Å². The monoisotopic (exact) mass is 429 g/mol. The van der Waals surface area contributed by atoms with E-state index in [2.05, 4.69) is 18.8 Å². The summed E-state index contributed by atoms with van der Waals surface area (Å²) in [6.45, 7) is 8.01. The second-order valence-electron chi connectivity index (χ2n) is 7.94. The molecule has 2 rings (SSSR count). The van der Waals surface area contributed by atoms with Gasteiger partial charge in [0, 0.05) is 25.3 Å². The Morgan fingerprint density at radius 3 is 2.35 bits per heavy atom. The van der Waals surface area contributed by atoms with E-state index in [0.29, 0.717) is 12.5 Å². The molecule has 168 valence electrons. The number of rotatable bonds is 11. The van der Waals surface area contributed by atoms with E-state index < -0.39 is 29.9 Å². The highest BCUT2D eigenvalue weighted by molar-refractivity contribution is 5.99. The molecule has 3 atom stereocenters. The van der Waals surface area contributed by atoms with Crippen LogP contribution in [0.15, 0.2) is 42.6 Å². The number of hydrogen-bond acceptors (Lipinski definition) is 7. The molecule has 7 heteroatoms. The smallest absolute Gasteiger partial charge is 0.309 e. The van der Waals surface area contributed by atoms with Gasteiger partial charge in [0.2, 0.25) is 0 Å². The summed E-state index contributed by atoms with van der Waals surface area (Å²) in [5, 5.41) is 10.1. The van der Waals surface area contributed by atoms with Gasteiger partial charge in [0.05, 0.1) is 13.0 Å². The van der Waals surface area contributed by atoms with Crippen molar-refractivity contribution in [2.75, 3.05) is 13.7 Å². The second kappa shape index (κ2) is 11.5. The summed E-state index contributed by atoms with van der Waals surface area (Å²) in [4.78, 5) is 29.1. The van der Waals surface area contributed by atoms with Crippen molar-refractivity contribution in [1.29, 1.82) is 0 Å². The van der Waals surface area contributed by atoms with Crippen LogP contribution >= 0.6 is 0 Å². The SMILES string of the molecule is COc1ccnc(C(=O)C[C@@H](C)C(=O)O[C@@H](C)[C@H](OCC(C)C)c2ccccc2)c1O. The van der Waals surface area contributed by atoms with Crippen molar-refractivity contribution in [2.24, 2.45) is 11.8 Å². The lowest BCUT2D eigenvalue weighted by molar-refractivity contribution is -0.161. The predicted molar refractivity (Wildman–Crippen MR) is 116 cm³/mol. The largest absolute Gasteiger partial charge is 0.503 e. The molecule has 1 aromatic carbocycles. The Balaban J connectivity index is 2.05. The van der Waals surface area contributed by atoms with E-state index in [-0.39, 0.29) is 23.6 Å². The molecule has 0 spiro atoms. The quantitative estimate of drug-likeness (QED) is 0.419. The third kappa shape index (κ3) is 6.79. The van der Waals surface area contributed by atoms with Gasteiger partial charge >= 0.3 is 5.97 Å². The van der Waals surface area contributed by atoms with Crippen molar-refractivity contribution in [2.45, 2.75) is 46.3 Å². The molecule has 0 fully saturated rings. The Labute approximate surface area is 183 Å². The summed E-state index contributed by atoms with van der Waals surface area (Å²) in [5.74, 6) is -1.57. The number of nitrogens with zero attached hydrogens (tertiary/aromatic N) is 1. The van der Waals surface area contributed by atoms with Crippen molar-refractivity contribution in [1.82, 2.24) is 4.98 Å². The van der Waals surface area contributed by atoms with Gasteiger partial charge in [-0.05, 0) is 18.4 Å². The van der Waals surface area contributed by atoms with Gasteiger partial charge in [-0.15, -0.1) is 0 Å². The number of Topliss-reactive ketones (excluding diaryl/α,β-unsaturated/α-hetero) is 1. The average molecular weight is 430 g/mol. The maximum atomic E-state index is 12.7. The van der Waals surface area contributed by atoms with Gasteiger partial charge < -0.3 is 19.3 Å². The van der Waals surface area contributed by atoms with E-state index in [4.69, 9.17) is 14.2 Å². The fourth-order valence-corrected chi connectivity index (χ4v) is 3.07. The van der Waals surface area contributed by atoms with E-state index >= 15 is 0 Å². The van der Waals surface area contributed by atoms with E-state index in [1.165, 1.54) is 19.4 Å². The number of carbonyl (C=O) groups is 2. The zero-order valence-corrected chi connectivity index (χ0v) is 18.7. The number of esters is 1. The first kappa shape index (κ1) is 24.3. The predicted octanol–water partition coefficient (Wildman–Crippen LogP) is 4.35. The van der Waals surface area contributed by atoms with Gasteiger partial charge in [0.25, 0.3) is 0 Å². The molecule has 7 nitrogen and oxygen atoms in total. The van der Waals surface area contributed by atoms with Crippen LogP contribution < -0.4 is 4.74 Å². The number of ether oxygens (including phenoxy) is 3. The van der Waals surface area contributed by atoms with E-state index in [0.717, 1.165) is 5.56 Å². The number of pyridine rings is 1. The van der Waals surface area contributed by atoms with Crippen LogP contribution in [-0.2, 0) is 14.3 Å². The van der Waals surface area contributed by atoms with Crippen molar-refractivity contribution < 1.29 is 28.9 Å². The standard InChI is InChI=1S/C24H31NO6/c1-15(2)14-30-23(18-9-7-6-8-10-18)17(4)31-24(28)16(3)13-19(26)21-22(27)20(29-5)11-12-25-21/h6-12,15-17,23,27H,13-14H2,1-5H3/t16-,17+,23+/m1/s1. The molecule has 1 N–H and O–H groups in total. The van der Waals surface area contributed by atoms with E-state index in [1.54, 1.807) is 13.8 Å². The Bertz CT molecular complexity index is 868. The highest BCUT2D eigenvalue weighted by Crippen LogP contribution is 2.30. The highest BCUT2D eigenvalue weighted by atomic mass is 16.6. The number of ketones is 1. The number of carbonyl (C=O) groups excluding carboxylic acids is 2. The zero-order valence-electron chi connectivity index (χ0n) is 18.7. The third-order valence-corrected chi connectivity index (χ3v) is 4.73. The van der Waals surface area contributed by atoms with Crippen molar-refractivity contribution in [3.05, 3.63) is 53.9 Å². The van der Waals surface area contributed by atoms with Gasteiger partial charge in [0.15, 0.2) is 23.0 Å². The molecule has 0 amide bonds. The minimum Gasteiger partial charge on any atom is -0.503 e. The Hall–Kier alpha value is -2.93. The van der Waals surface area contributed by atoms with Crippen LogP contribution in [0.25, 0.3) is 0 Å². The molecular formula is C24H31NO6. The summed E-state index contributed by atoms with van der Waals surface area (Å²) in [6, 6.07) is 11.0. The molecule has 1 aromatic heterocycles. The molecule has 0 aliphatic carbocycles. The summed E-state index contributed by atoms with van der Waals surface area (Å²) in [7, 11) is 1.38. The maximum Gasteiger partial charge on any atom is 0.309 e. The van der Waals surface area contributed by atoms with Crippen LogP contribution in [0.4, 0.5) is 0 Å². The highest BCUT2D eigenvalue weighted by Gasteiger charge is 2.28. The van der Waals surface area contributed by atoms with Crippen molar-refractivity contribution >= 4 is 11.8 Å². The molecule has 0 saturated carbocycles. The topological polar surface area (TPSA) is 95.0 Å². The summed E-state index contributed by atoms with van der Waals surface area (Å²) in [5.41, 5.74) is 0.784. The minimum absolute atomic E-state index is 0.130. The van der Waals surface area contributed by atoms with Gasteiger partial charge in [-0.25, -0.2) is 4.98 Å². The molecule has 0 bridgehead atoms. The zero-order chi connectivity index (χ0) is 23.0. The van der Waals surface area contributed by atoms with Gasteiger partial charge in [-0.1, -0.05) is 51.1 Å². The maximum absolute atomic E-state index is 12.7. The Kier molecular flexibility index (Phi) is 9.00. The van der Waals surface area contributed by atoms with Crippen LogP contribution in [0.3, 0.4) is 0 Å². The first-order valence-electron chi connectivity index (χ1n) is 10.4. The van der Waals surface area contributed by atoms with Crippen LogP contribution in [0.1, 0.15) is 56.3 Å². The lowest BCUT2D eigenvalue weighted by Gasteiger charge is -2.26. The molecule has 0 saturated heterocycles. The molecule has 31 heavy (non-hydrogen) atoms. The lowest BCUT2D eigenvalue weighted by atomic mass is 10.0. The number of benzene rings is 1. The number of methoxy groups -OCH3 is 1. The average Bonchev–Trinajstić information content (AvgIpc) is 2.74. The van der Waals surface area contributed by atoms with Gasteiger partial charge in [0.1, 0.15) is 12.2 Å². The van der Waals surface area contributed by atoms with Crippen LogP contribution in [0, 0.1) is 11.8 Å². The summed E-state index contributed by atoms with van der Waals surface area (Å²) >= 11 is 0. The Morgan fingerprint density at radius 1 is 1.06 bits per heavy atom. The summed E-state index contributed by atoms with van der Waals surface area (Å²) in [6.07, 6.45) is 0.254. The fourth-order valence-electron chi connectivity index (χ4n) is 3.07. The van der Waals surface area contributed by atoms with E-state index in [9.17, 15) is 14.7 Å². The molecule has 0 radical (unpaired) electrons. The fraction of sp³-hybridized carbons (Fsp3) is 0.458. The molecular weight excluding hydrogens is 398 g/mol. The molecule has 1 heterocycles. The van der Waals surface area contributed by atoms with Gasteiger partial charge in [-0.3, -0.25) is 9.59 Å². The molecule has 0 unspecified atom stereocenters. The third-order valence-electron chi connectivity index (χ3n) is 4.73. The second-order valence-corrected chi connectivity index (χ2v) is 7.94. The number of aromatic hydroxyl groups is 1. The molecule has 0 aliphatic rings. The Morgan fingerprint density at radius 2 is 1.74 bits per heavy atom. The van der Waals surface area contributed by atoms with Crippen LogP contribution in [-0.4, -0.2) is 41.7 Å². The summed E-state index contributed by atoms with van der Waals surface area (Å²) < 4.78 is 16.7. The lowest BCUT2D eigenvalue weighted by Crippen LogP contribution is -2.29. The minimum atomic E-state index is -0.719.